The van der Waals surface area contributed by atoms with Crippen molar-refractivity contribution >= 4 is 33.3 Å². The van der Waals surface area contributed by atoms with E-state index >= 15 is 0 Å². The van der Waals surface area contributed by atoms with Crippen molar-refractivity contribution in [3.8, 4) is 22.5 Å². The summed E-state index contributed by atoms with van der Waals surface area (Å²) in [5, 5.41) is 4.44. The highest BCUT2D eigenvalue weighted by atomic mass is 16.5. The summed E-state index contributed by atoms with van der Waals surface area (Å²) in [4.78, 5) is 19.7. The normalized spacial score (nSPS) is 17.4. The third-order valence-electron chi connectivity index (χ3n) is 7.31. The quantitative estimate of drug-likeness (QED) is 0.232. The highest BCUT2D eigenvalue weighted by Crippen LogP contribution is 2.42. The maximum absolute atomic E-state index is 5.92. The third-order valence-corrected chi connectivity index (χ3v) is 7.31. The van der Waals surface area contributed by atoms with E-state index in [1.165, 1.54) is 0 Å². The van der Waals surface area contributed by atoms with Gasteiger partial charge >= 0.3 is 0 Å². The van der Waals surface area contributed by atoms with Crippen LogP contribution in [0.1, 0.15) is 39.1 Å². The van der Waals surface area contributed by atoms with Crippen LogP contribution in [0.25, 0.3) is 44.1 Å². The molecule has 5 aromatic rings. The molecule has 2 aliphatic heterocycles. The van der Waals surface area contributed by atoms with Crippen molar-refractivity contribution in [2.45, 2.75) is 38.8 Å². The Balaban J connectivity index is 1.46. The van der Waals surface area contributed by atoms with Gasteiger partial charge in [-0.15, -0.1) is 0 Å². The lowest BCUT2D eigenvalue weighted by Gasteiger charge is -2.17. The zero-order chi connectivity index (χ0) is 27.5. The second kappa shape index (κ2) is 8.98. The predicted octanol–water partition coefficient (Wildman–Crippen LogP) is 7.23. The van der Waals surface area contributed by atoms with Gasteiger partial charge in [0.15, 0.2) is 0 Å². The molecule has 0 fully saturated rings. The van der Waals surface area contributed by atoms with Crippen LogP contribution >= 0.6 is 0 Å². The summed E-state index contributed by atoms with van der Waals surface area (Å²) < 4.78 is 11.8. The van der Waals surface area contributed by atoms with E-state index in [1.807, 2.05) is 24.3 Å². The maximum atomic E-state index is 5.92. The van der Waals surface area contributed by atoms with Crippen LogP contribution in [0.5, 0.6) is 0 Å². The number of aliphatic imine (C=N–C) groups is 2. The third kappa shape index (κ3) is 4.20. The molecule has 0 amide bonds. The molecule has 0 aliphatic carbocycles. The van der Waals surface area contributed by atoms with Gasteiger partial charge in [-0.05, 0) is 73.5 Å². The Morgan fingerprint density at radius 2 is 0.825 bits per heavy atom. The van der Waals surface area contributed by atoms with Crippen molar-refractivity contribution in [2.24, 2.45) is 9.98 Å². The Hall–Kier alpha value is -4.58. The molecule has 6 nitrogen and oxygen atoms in total. The van der Waals surface area contributed by atoms with Crippen LogP contribution in [-0.2, 0) is 9.47 Å². The lowest BCUT2D eigenvalue weighted by molar-refractivity contribution is 0.279. The van der Waals surface area contributed by atoms with Gasteiger partial charge in [-0.25, -0.2) is 20.0 Å². The van der Waals surface area contributed by atoms with E-state index in [0.29, 0.717) is 25.0 Å². The molecular formula is C34H30N4O2. The molecule has 4 heterocycles. The molecular weight excluding hydrogens is 496 g/mol. The minimum atomic E-state index is -0.250. The Bertz CT molecular complexity index is 1680. The molecule has 2 aliphatic rings. The number of pyridine rings is 2. The van der Waals surface area contributed by atoms with E-state index < -0.39 is 0 Å². The smallest absolute Gasteiger partial charge is 0.236 e. The van der Waals surface area contributed by atoms with Gasteiger partial charge < -0.3 is 9.47 Å². The molecule has 0 unspecified atom stereocenters. The predicted molar refractivity (Wildman–Crippen MR) is 161 cm³/mol. The molecule has 0 N–H and O–H groups in total. The van der Waals surface area contributed by atoms with Crippen molar-refractivity contribution in [3.05, 3.63) is 96.3 Å². The molecule has 0 atom stereocenters. The Labute approximate surface area is 233 Å². The van der Waals surface area contributed by atoms with Crippen LogP contribution in [0.3, 0.4) is 0 Å². The number of hydrogen-bond acceptors (Lipinski definition) is 6. The Morgan fingerprint density at radius 3 is 1.15 bits per heavy atom. The molecule has 0 radical (unpaired) electrons. The van der Waals surface area contributed by atoms with Gasteiger partial charge in [0.2, 0.25) is 11.8 Å². The van der Waals surface area contributed by atoms with E-state index in [1.54, 1.807) is 0 Å². The zero-order valence-corrected chi connectivity index (χ0v) is 23.1. The maximum Gasteiger partial charge on any atom is 0.236 e. The van der Waals surface area contributed by atoms with E-state index in [2.05, 4.69) is 88.4 Å². The second-order valence-corrected chi connectivity index (χ2v) is 11.7. The average Bonchev–Trinajstić information content (AvgIpc) is 3.52. The topological polar surface area (TPSA) is 69.0 Å². The fourth-order valence-electron chi connectivity index (χ4n) is 5.50. The van der Waals surface area contributed by atoms with Gasteiger partial charge in [0, 0.05) is 11.1 Å². The minimum Gasteiger partial charge on any atom is -0.474 e. The molecule has 6 heteroatoms. The fraction of sp³-hybridized carbons (Fsp3) is 0.235. The summed E-state index contributed by atoms with van der Waals surface area (Å²) in [5.74, 6) is 1.19. The summed E-state index contributed by atoms with van der Waals surface area (Å²) in [7, 11) is 0. The number of fused-ring (bicyclic) bond motifs is 2. The summed E-state index contributed by atoms with van der Waals surface area (Å²) >= 11 is 0. The SMILES string of the molecule is CC1(C)COC(c2cccc(-c3c4ccccc4c(-c4cccc(C5=NC(C)(C)CO5)n4)c4ccccc34)n2)=N1. The number of rotatable bonds is 4. The van der Waals surface area contributed by atoms with Gasteiger partial charge in [0.25, 0.3) is 0 Å². The lowest BCUT2D eigenvalue weighted by atomic mass is 9.88. The van der Waals surface area contributed by atoms with Gasteiger partial charge in [0.1, 0.15) is 24.6 Å². The number of benzene rings is 3. The number of aromatic nitrogens is 2. The zero-order valence-electron chi connectivity index (χ0n) is 23.1. The highest BCUT2D eigenvalue weighted by molar-refractivity contribution is 6.20. The number of nitrogens with zero attached hydrogens (tertiary/aromatic N) is 4. The molecule has 2 aromatic heterocycles. The molecule has 0 spiro atoms. The van der Waals surface area contributed by atoms with Crippen LogP contribution < -0.4 is 0 Å². The average molecular weight is 527 g/mol. The largest absolute Gasteiger partial charge is 0.474 e. The van der Waals surface area contributed by atoms with Crippen molar-refractivity contribution in [2.75, 3.05) is 13.2 Å². The first-order valence-electron chi connectivity index (χ1n) is 13.6. The van der Waals surface area contributed by atoms with E-state index in [0.717, 1.165) is 55.4 Å². The van der Waals surface area contributed by atoms with Crippen molar-refractivity contribution in [1.82, 2.24) is 9.97 Å². The molecule has 7 rings (SSSR count). The molecule has 0 saturated carbocycles. The number of hydrogen-bond donors (Lipinski definition) is 0. The van der Waals surface area contributed by atoms with Crippen molar-refractivity contribution in [3.63, 3.8) is 0 Å². The second-order valence-electron chi connectivity index (χ2n) is 11.7. The van der Waals surface area contributed by atoms with Crippen LogP contribution in [0.2, 0.25) is 0 Å². The Kier molecular flexibility index (Phi) is 5.49. The first kappa shape index (κ1) is 24.5. The minimum absolute atomic E-state index is 0.250. The van der Waals surface area contributed by atoms with Gasteiger partial charge in [-0.1, -0.05) is 60.7 Å². The first-order chi connectivity index (χ1) is 19.3. The van der Waals surface area contributed by atoms with E-state index in [9.17, 15) is 0 Å². The summed E-state index contributed by atoms with van der Waals surface area (Å²) in [6.45, 7) is 9.38. The molecule has 198 valence electrons. The molecule has 0 saturated heterocycles. The van der Waals surface area contributed by atoms with Crippen molar-refractivity contribution in [1.29, 1.82) is 0 Å². The fourth-order valence-corrected chi connectivity index (χ4v) is 5.50. The monoisotopic (exact) mass is 526 g/mol. The van der Waals surface area contributed by atoms with E-state index in [-0.39, 0.29) is 11.1 Å². The van der Waals surface area contributed by atoms with Crippen LogP contribution in [0.4, 0.5) is 0 Å². The van der Waals surface area contributed by atoms with Crippen LogP contribution in [0, 0.1) is 0 Å². The summed E-state index contributed by atoms with van der Waals surface area (Å²) in [6.07, 6.45) is 0. The van der Waals surface area contributed by atoms with Gasteiger partial charge in [-0.3, -0.25) is 0 Å². The van der Waals surface area contributed by atoms with Crippen molar-refractivity contribution < 1.29 is 9.47 Å². The van der Waals surface area contributed by atoms with Gasteiger partial charge in [-0.2, -0.15) is 0 Å². The summed E-state index contributed by atoms with van der Waals surface area (Å²) in [5.41, 5.74) is 4.91. The van der Waals surface area contributed by atoms with Gasteiger partial charge in [0.05, 0.1) is 22.5 Å². The molecule has 40 heavy (non-hydrogen) atoms. The molecule has 0 bridgehead atoms. The number of ether oxygens (including phenoxy) is 2. The van der Waals surface area contributed by atoms with Crippen LogP contribution in [0.15, 0.2) is 94.9 Å². The first-order valence-corrected chi connectivity index (χ1v) is 13.6. The Morgan fingerprint density at radius 1 is 0.475 bits per heavy atom. The summed E-state index contributed by atoms with van der Waals surface area (Å²) in [6, 6.07) is 29.1. The van der Waals surface area contributed by atoms with Crippen LogP contribution in [-0.4, -0.2) is 46.1 Å². The molecule has 3 aromatic carbocycles. The standard InChI is InChI=1S/C34H30N4O2/c1-33(2)19-39-31(37-33)27-17-9-15-25(35-27)29-21-11-5-7-13-23(21)30(24-14-8-6-12-22(24)29)26-16-10-18-28(36-26)32-38-34(3,4)20-40-32/h5-18H,19-20H2,1-4H3. The lowest BCUT2D eigenvalue weighted by Crippen LogP contribution is -2.17. The van der Waals surface area contributed by atoms with E-state index in [4.69, 9.17) is 29.4 Å². The highest BCUT2D eigenvalue weighted by Gasteiger charge is 2.29.